The van der Waals surface area contributed by atoms with Crippen LogP contribution in [0.5, 0.6) is 5.88 Å². The Bertz CT molecular complexity index is 1110. The number of nitrogens with one attached hydrogen (secondary N) is 1. The minimum Gasteiger partial charge on any atom is -0.478 e. The summed E-state index contributed by atoms with van der Waals surface area (Å²) < 4.78 is 64.9. The van der Waals surface area contributed by atoms with Crippen LogP contribution in [0, 0.1) is 5.82 Å². The molecule has 0 saturated heterocycles. The molecular formula is C21H23F4N5O3. The lowest BCUT2D eigenvalue weighted by Gasteiger charge is -2.41. The van der Waals surface area contributed by atoms with Gasteiger partial charge in [0, 0.05) is 17.3 Å². The van der Waals surface area contributed by atoms with Crippen LogP contribution in [0.3, 0.4) is 0 Å². The highest BCUT2D eigenvalue weighted by Crippen LogP contribution is 2.41. The SMILES string of the molecule is CCOc1ccc(C(=O)Nc2ccc(F)c(C3(C)COC(C)(C(F)(F)F)C(N)=N3)c2)c(N)n1. The smallest absolute Gasteiger partial charge is 0.424 e. The zero-order chi connectivity index (χ0) is 24.6. The molecule has 3 rings (SSSR count). The molecule has 0 spiro atoms. The number of ether oxygens (including phenoxy) is 2. The number of halogens is 4. The van der Waals surface area contributed by atoms with Gasteiger partial charge in [-0.15, -0.1) is 0 Å². The van der Waals surface area contributed by atoms with Gasteiger partial charge in [-0.3, -0.25) is 9.79 Å². The molecule has 2 unspecified atom stereocenters. The molecule has 0 aliphatic carbocycles. The maximum atomic E-state index is 14.6. The van der Waals surface area contributed by atoms with Gasteiger partial charge in [-0.25, -0.2) is 4.39 Å². The number of aliphatic imine (C=N–C) groups is 1. The fourth-order valence-electron chi connectivity index (χ4n) is 3.22. The van der Waals surface area contributed by atoms with E-state index < -0.39 is 41.5 Å². The topological polar surface area (TPSA) is 125 Å². The lowest BCUT2D eigenvalue weighted by molar-refractivity contribution is -0.249. The molecule has 0 saturated carbocycles. The monoisotopic (exact) mass is 469 g/mol. The van der Waals surface area contributed by atoms with Gasteiger partial charge in [-0.05, 0) is 45.0 Å². The number of nitrogen functional groups attached to an aromatic ring is 1. The predicted molar refractivity (Wildman–Crippen MR) is 114 cm³/mol. The minimum atomic E-state index is -4.80. The Kier molecular flexibility index (Phi) is 6.25. The molecule has 178 valence electrons. The first kappa shape index (κ1) is 24.2. The number of hydrogen-bond acceptors (Lipinski definition) is 7. The highest BCUT2D eigenvalue weighted by Gasteiger charge is 2.59. The molecule has 12 heteroatoms. The molecule has 2 aromatic rings. The summed E-state index contributed by atoms with van der Waals surface area (Å²) in [6.07, 6.45) is -4.80. The second-order valence-corrected chi connectivity index (χ2v) is 7.75. The predicted octanol–water partition coefficient (Wildman–Crippen LogP) is 3.38. The number of nitrogens with two attached hydrogens (primary N) is 2. The number of amidine groups is 1. The lowest BCUT2D eigenvalue weighted by Crippen LogP contribution is -2.60. The van der Waals surface area contributed by atoms with Crippen molar-refractivity contribution in [2.75, 3.05) is 24.3 Å². The van der Waals surface area contributed by atoms with Gasteiger partial charge in [0.1, 0.15) is 23.0 Å². The van der Waals surface area contributed by atoms with Crippen molar-refractivity contribution in [3.63, 3.8) is 0 Å². The van der Waals surface area contributed by atoms with Crippen molar-refractivity contribution in [3.05, 3.63) is 47.3 Å². The van der Waals surface area contributed by atoms with Crippen LogP contribution in [-0.2, 0) is 10.3 Å². The van der Waals surface area contributed by atoms with E-state index in [1.54, 1.807) is 6.92 Å². The van der Waals surface area contributed by atoms with E-state index in [9.17, 15) is 22.4 Å². The van der Waals surface area contributed by atoms with Crippen LogP contribution in [0.1, 0.15) is 36.7 Å². The highest BCUT2D eigenvalue weighted by molar-refractivity contribution is 6.07. The summed E-state index contributed by atoms with van der Waals surface area (Å²) in [5.74, 6) is -2.03. The van der Waals surface area contributed by atoms with Crippen molar-refractivity contribution in [2.45, 2.75) is 38.1 Å². The van der Waals surface area contributed by atoms with Gasteiger partial charge in [0.05, 0.1) is 18.8 Å². The van der Waals surface area contributed by atoms with E-state index in [1.165, 1.54) is 31.2 Å². The van der Waals surface area contributed by atoms with Gasteiger partial charge in [-0.1, -0.05) is 0 Å². The zero-order valence-corrected chi connectivity index (χ0v) is 18.1. The van der Waals surface area contributed by atoms with Gasteiger partial charge in [0.25, 0.3) is 5.91 Å². The minimum absolute atomic E-state index is 0.0553. The standard InChI is InChI=1S/C21H23F4N5O3/c1-4-32-15-8-6-12(16(26)29-15)17(31)28-11-5-7-14(22)13(9-11)19(2)10-33-20(3,18(27)30-19)21(23,24)25/h5-9H,4,10H2,1-3H3,(H2,26,29)(H2,27,30)(H,28,31). The molecule has 33 heavy (non-hydrogen) atoms. The van der Waals surface area contributed by atoms with Crippen LogP contribution in [0.15, 0.2) is 35.3 Å². The normalized spacial score (nSPS) is 23.1. The fraction of sp³-hybridized carbons (Fsp3) is 0.381. The van der Waals surface area contributed by atoms with Crippen molar-refractivity contribution in [3.8, 4) is 5.88 Å². The molecule has 0 radical (unpaired) electrons. The van der Waals surface area contributed by atoms with Gasteiger partial charge in [0.15, 0.2) is 0 Å². The highest BCUT2D eigenvalue weighted by atomic mass is 19.4. The second kappa shape index (κ2) is 8.50. The number of aromatic nitrogens is 1. The van der Waals surface area contributed by atoms with Crippen LogP contribution in [0.25, 0.3) is 0 Å². The molecule has 0 fully saturated rings. The van der Waals surface area contributed by atoms with Crippen molar-refractivity contribution in [1.82, 2.24) is 4.98 Å². The van der Waals surface area contributed by atoms with E-state index in [0.29, 0.717) is 6.61 Å². The zero-order valence-electron chi connectivity index (χ0n) is 18.1. The van der Waals surface area contributed by atoms with Crippen LogP contribution < -0.4 is 21.5 Å². The maximum Gasteiger partial charge on any atom is 0.424 e. The molecule has 1 aromatic heterocycles. The number of anilines is 2. The first-order chi connectivity index (χ1) is 15.3. The van der Waals surface area contributed by atoms with E-state index >= 15 is 0 Å². The Labute approximate surface area is 187 Å². The summed E-state index contributed by atoms with van der Waals surface area (Å²) in [5.41, 5.74) is 7.18. The van der Waals surface area contributed by atoms with Crippen molar-refractivity contribution in [2.24, 2.45) is 10.7 Å². The van der Waals surface area contributed by atoms with Gasteiger partial charge < -0.3 is 26.3 Å². The van der Waals surface area contributed by atoms with Crippen LogP contribution in [0.2, 0.25) is 0 Å². The Morgan fingerprint density at radius 1 is 1.24 bits per heavy atom. The summed E-state index contributed by atoms with van der Waals surface area (Å²) in [6.45, 7) is 3.69. The average Bonchev–Trinajstić information content (AvgIpc) is 2.72. The molecule has 0 bridgehead atoms. The van der Waals surface area contributed by atoms with Crippen LogP contribution in [-0.4, -0.2) is 41.7 Å². The first-order valence-corrected chi connectivity index (χ1v) is 9.88. The number of alkyl halides is 3. The van der Waals surface area contributed by atoms with E-state index in [2.05, 4.69) is 15.3 Å². The Morgan fingerprint density at radius 3 is 2.52 bits per heavy atom. The molecule has 1 amide bonds. The summed E-state index contributed by atoms with van der Waals surface area (Å²) in [7, 11) is 0. The molecule has 5 N–H and O–H groups in total. The third kappa shape index (κ3) is 4.56. The van der Waals surface area contributed by atoms with Gasteiger partial charge in [-0.2, -0.15) is 18.2 Å². The number of amides is 1. The van der Waals surface area contributed by atoms with Crippen LogP contribution >= 0.6 is 0 Å². The van der Waals surface area contributed by atoms with E-state index in [-0.39, 0.29) is 28.5 Å². The summed E-state index contributed by atoms with van der Waals surface area (Å²) in [5, 5.41) is 2.56. The maximum absolute atomic E-state index is 14.6. The molecule has 1 aliphatic heterocycles. The number of benzene rings is 1. The summed E-state index contributed by atoms with van der Waals surface area (Å²) in [6, 6.07) is 6.49. The molecule has 2 atom stereocenters. The largest absolute Gasteiger partial charge is 0.478 e. The second-order valence-electron chi connectivity index (χ2n) is 7.75. The van der Waals surface area contributed by atoms with E-state index in [4.69, 9.17) is 20.9 Å². The van der Waals surface area contributed by atoms with Crippen molar-refractivity contribution in [1.29, 1.82) is 0 Å². The number of rotatable bonds is 5. The third-order valence-electron chi connectivity index (χ3n) is 5.28. The Hall–Kier alpha value is -3.41. The molecule has 1 aliphatic rings. The number of pyridine rings is 1. The van der Waals surface area contributed by atoms with E-state index in [0.717, 1.165) is 13.0 Å². The Balaban J connectivity index is 1.90. The van der Waals surface area contributed by atoms with Crippen LogP contribution in [0.4, 0.5) is 29.1 Å². The van der Waals surface area contributed by atoms with Crippen molar-refractivity contribution >= 4 is 23.2 Å². The number of nitrogens with zero attached hydrogens (tertiary/aromatic N) is 2. The van der Waals surface area contributed by atoms with Gasteiger partial charge in [0.2, 0.25) is 11.5 Å². The number of carbonyl (C=O) groups is 1. The molecule has 2 heterocycles. The molecule has 1 aromatic carbocycles. The summed E-state index contributed by atoms with van der Waals surface area (Å²) >= 11 is 0. The number of hydrogen-bond donors (Lipinski definition) is 3. The first-order valence-electron chi connectivity index (χ1n) is 9.88. The quantitative estimate of drug-likeness (QED) is 0.577. The van der Waals surface area contributed by atoms with Crippen molar-refractivity contribution < 1.29 is 31.8 Å². The Morgan fingerprint density at radius 2 is 1.94 bits per heavy atom. The molecular weight excluding hydrogens is 446 g/mol. The lowest BCUT2D eigenvalue weighted by atomic mass is 9.89. The molecule has 8 nitrogen and oxygen atoms in total. The summed E-state index contributed by atoms with van der Waals surface area (Å²) in [4.78, 5) is 20.6. The fourth-order valence-corrected chi connectivity index (χ4v) is 3.22. The average molecular weight is 469 g/mol. The van der Waals surface area contributed by atoms with Gasteiger partial charge >= 0.3 is 6.18 Å². The number of carbonyl (C=O) groups excluding carboxylic acids is 1. The van der Waals surface area contributed by atoms with E-state index in [1.807, 2.05) is 0 Å². The third-order valence-corrected chi connectivity index (χ3v) is 5.28.